The highest BCUT2D eigenvalue weighted by molar-refractivity contribution is 5.99. The molecule has 2 heterocycles. The van der Waals surface area contributed by atoms with Crippen LogP contribution in [0.5, 0.6) is 0 Å². The fraction of sp³-hybridized carbons (Fsp3) is 0.444. The number of H-pyrrole nitrogens is 1. The number of aromatic amines is 1. The third-order valence-corrected chi connectivity index (χ3v) is 5.34. The molecule has 1 spiro atoms. The smallest absolute Gasteiger partial charge is 0.268 e. The van der Waals surface area contributed by atoms with Gasteiger partial charge in [-0.05, 0) is 31.5 Å². The van der Waals surface area contributed by atoms with Crippen molar-refractivity contribution in [3.8, 4) is 0 Å². The van der Waals surface area contributed by atoms with Crippen molar-refractivity contribution in [2.24, 2.45) is 5.41 Å². The van der Waals surface area contributed by atoms with Gasteiger partial charge < -0.3 is 15.2 Å². The number of fused-ring (bicyclic) bond motifs is 1. The standard InChI is InChI=1S/C18H19F2N3O2/c1-11-2-3-13-12(6-11)7-14(22-13)16(25)21-8-15(24)23-5-4-17(10-23)9-18(17,19)20/h2-3,6-7,22H,4-5,8-10H2,1H3,(H,21,25). The minimum atomic E-state index is -2.65. The summed E-state index contributed by atoms with van der Waals surface area (Å²) in [6.45, 7) is 2.20. The molecule has 1 unspecified atom stereocenters. The van der Waals surface area contributed by atoms with Gasteiger partial charge in [-0.1, -0.05) is 11.6 Å². The maximum absolute atomic E-state index is 13.4. The van der Waals surface area contributed by atoms with Crippen LogP contribution in [0.1, 0.15) is 28.9 Å². The topological polar surface area (TPSA) is 65.2 Å². The third kappa shape index (κ3) is 2.67. The number of halogens is 2. The van der Waals surface area contributed by atoms with Gasteiger partial charge in [0, 0.05) is 30.4 Å². The molecule has 4 rings (SSSR count). The van der Waals surface area contributed by atoms with E-state index in [2.05, 4.69) is 10.3 Å². The molecule has 0 bridgehead atoms. The number of benzene rings is 1. The maximum atomic E-state index is 13.4. The average Bonchev–Trinajstić information content (AvgIpc) is 2.93. The van der Waals surface area contributed by atoms with Gasteiger partial charge in [0.2, 0.25) is 5.91 Å². The van der Waals surface area contributed by atoms with Crippen molar-refractivity contribution in [2.75, 3.05) is 19.6 Å². The molecule has 7 heteroatoms. The third-order valence-electron chi connectivity index (χ3n) is 5.34. The number of aryl methyl sites for hydroxylation is 1. The van der Waals surface area contributed by atoms with Crippen molar-refractivity contribution in [2.45, 2.75) is 25.7 Å². The van der Waals surface area contributed by atoms with Gasteiger partial charge in [0.05, 0.1) is 12.0 Å². The number of aromatic nitrogens is 1. The fourth-order valence-electron chi connectivity index (χ4n) is 3.65. The summed E-state index contributed by atoms with van der Waals surface area (Å²) >= 11 is 0. The number of likely N-dealkylation sites (tertiary alicyclic amines) is 1. The lowest BCUT2D eigenvalue weighted by Gasteiger charge is -2.16. The molecule has 2 aliphatic rings. The van der Waals surface area contributed by atoms with Crippen LogP contribution in [0.25, 0.3) is 10.9 Å². The Morgan fingerprint density at radius 2 is 2.08 bits per heavy atom. The van der Waals surface area contributed by atoms with E-state index in [1.54, 1.807) is 6.07 Å². The zero-order chi connectivity index (χ0) is 17.8. The predicted octanol–water partition coefficient (Wildman–Crippen LogP) is 2.46. The van der Waals surface area contributed by atoms with Crippen LogP contribution in [0.3, 0.4) is 0 Å². The molecule has 1 aromatic heterocycles. The van der Waals surface area contributed by atoms with E-state index in [1.165, 1.54) is 4.90 Å². The van der Waals surface area contributed by atoms with Crippen molar-refractivity contribution in [1.82, 2.24) is 15.2 Å². The second-order valence-corrected chi connectivity index (χ2v) is 7.18. The van der Waals surface area contributed by atoms with Crippen LogP contribution in [-0.4, -0.2) is 47.3 Å². The molecule has 1 aliphatic carbocycles. The Morgan fingerprint density at radius 3 is 2.76 bits per heavy atom. The van der Waals surface area contributed by atoms with Gasteiger partial charge in [0.25, 0.3) is 11.8 Å². The quantitative estimate of drug-likeness (QED) is 0.896. The van der Waals surface area contributed by atoms with E-state index in [-0.39, 0.29) is 31.3 Å². The average molecular weight is 347 g/mol. The molecule has 2 aromatic rings. The van der Waals surface area contributed by atoms with Crippen molar-refractivity contribution < 1.29 is 18.4 Å². The zero-order valence-corrected chi connectivity index (χ0v) is 13.9. The van der Waals surface area contributed by atoms with E-state index in [0.717, 1.165) is 16.5 Å². The molecular formula is C18H19F2N3O2. The summed E-state index contributed by atoms with van der Waals surface area (Å²) in [5.74, 6) is -3.35. The molecule has 1 aliphatic heterocycles. The summed E-state index contributed by atoms with van der Waals surface area (Å²) in [6, 6.07) is 7.54. The van der Waals surface area contributed by atoms with Gasteiger partial charge in [0.1, 0.15) is 5.69 Å². The first-order valence-electron chi connectivity index (χ1n) is 8.33. The summed E-state index contributed by atoms with van der Waals surface area (Å²) in [7, 11) is 0. The van der Waals surface area contributed by atoms with E-state index in [1.807, 2.05) is 25.1 Å². The van der Waals surface area contributed by atoms with E-state index < -0.39 is 11.3 Å². The highest BCUT2D eigenvalue weighted by Gasteiger charge is 2.72. The monoisotopic (exact) mass is 347 g/mol. The molecule has 5 nitrogen and oxygen atoms in total. The Kier molecular flexibility index (Phi) is 3.39. The van der Waals surface area contributed by atoms with Crippen LogP contribution >= 0.6 is 0 Å². The summed E-state index contributed by atoms with van der Waals surface area (Å²) in [5.41, 5.74) is 1.30. The first kappa shape index (κ1) is 16.1. The molecule has 1 saturated carbocycles. The van der Waals surface area contributed by atoms with E-state index in [9.17, 15) is 18.4 Å². The second kappa shape index (κ2) is 5.28. The second-order valence-electron chi connectivity index (χ2n) is 7.18. The minimum absolute atomic E-state index is 0.0837. The molecule has 25 heavy (non-hydrogen) atoms. The minimum Gasteiger partial charge on any atom is -0.351 e. The van der Waals surface area contributed by atoms with Crippen LogP contribution < -0.4 is 5.32 Å². The first-order chi connectivity index (χ1) is 11.8. The van der Waals surface area contributed by atoms with Crippen LogP contribution in [0.15, 0.2) is 24.3 Å². The van der Waals surface area contributed by atoms with Crippen LogP contribution in [0, 0.1) is 12.3 Å². The van der Waals surface area contributed by atoms with Gasteiger partial charge in [-0.25, -0.2) is 8.78 Å². The van der Waals surface area contributed by atoms with E-state index in [4.69, 9.17) is 0 Å². The highest BCUT2D eigenvalue weighted by atomic mass is 19.3. The number of nitrogens with one attached hydrogen (secondary N) is 2. The predicted molar refractivity (Wildman–Crippen MR) is 88.6 cm³/mol. The van der Waals surface area contributed by atoms with Crippen LogP contribution in [-0.2, 0) is 4.79 Å². The first-order valence-corrected chi connectivity index (χ1v) is 8.33. The Labute approximate surface area is 143 Å². The lowest BCUT2D eigenvalue weighted by molar-refractivity contribution is -0.129. The van der Waals surface area contributed by atoms with E-state index in [0.29, 0.717) is 18.7 Å². The van der Waals surface area contributed by atoms with Crippen molar-refractivity contribution in [3.63, 3.8) is 0 Å². The summed E-state index contributed by atoms with van der Waals surface area (Å²) in [6.07, 6.45) is 0.200. The molecule has 2 N–H and O–H groups in total. The Bertz CT molecular complexity index is 876. The lowest BCUT2D eigenvalue weighted by Crippen LogP contribution is -2.39. The van der Waals surface area contributed by atoms with Crippen molar-refractivity contribution in [1.29, 1.82) is 0 Å². The summed E-state index contributed by atoms with van der Waals surface area (Å²) in [4.78, 5) is 28.8. The number of alkyl halides is 2. The molecule has 1 aromatic carbocycles. The highest BCUT2D eigenvalue weighted by Crippen LogP contribution is 2.64. The van der Waals surface area contributed by atoms with Gasteiger partial charge in [-0.2, -0.15) is 0 Å². The lowest BCUT2D eigenvalue weighted by atomic mass is 10.1. The van der Waals surface area contributed by atoms with Gasteiger partial charge >= 0.3 is 0 Å². The number of rotatable bonds is 3. The number of nitrogens with zero attached hydrogens (tertiary/aromatic N) is 1. The van der Waals surface area contributed by atoms with Crippen LogP contribution in [0.4, 0.5) is 8.78 Å². The van der Waals surface area contributed by atoms with Gasteiger partial charge in [0.15, 0.2) is 0 Å². The van der Waals surface area contributed by atoms with Crippen molar-refractivity contribution in [3.05, 3.63) is 35.5 Å². The Balaban J connectivity index is 1.36. The SMILES string of the molecule is Cc1ccc2[nH]c(C(=O)NCC(=O)N3CCC4(C3)CC4(F)F)cc2c1. The van der Waals surface area contributed by atoms with E-state index >= 15 is 0 Å². The number of carbonyl (C=O) groups is 2. The van der Waals surface area contributed by atoms with Gasteiger partial charge in [-0.3, -0.25) is 9.59 Å². The molecular weight excluding hydrogens is 328 g/mol. The zero-order valence-electron chi connectivity index (χ0n) is 13.9. The van der Waals surface area contributed by atoms with Crippen molar-refractivity contribution >= 4 is 22.7 Å². The molecule has 0 radical (unpaired) electrons. The number of carbonyl (C=O) groups excluding carboxylic acids is 2. The molecule has 1 saturated heterocycles. The number of hydrogen-bond donors (Lipinski definition) is 2. The maximum Gasteiger partial charge on any atom is 0.268 e. The fourth-order valence-corrected chi connectivity index (χ4v) is 3.65. The summed E-state index contributed by atoms with van der Waals surface area (Å²) in [5, 5.41) is 3.50. The number of amides is 2. The molecule has 1 atom stereocenters. The Morgan fingerprint density at radius 1 is 1.32 bits per heavy atom. The Hall–Kier alpha value is -2.44. The van der Waals surface area contributed by atoms with Crippen LogP contribution in [0.2, 0.25) is 0 Å². The largest absolute Gasteiger partial charge is 0.351 e. The van der Waals surface area contributed by atoms with Gasteiger partial charge in [-0.15, -0.1) is 0 Å². The normalized spacial score (nSPS) is 24.0. The molecule has 132 valence electrons. The summed E-state index contributed by atoms with van der Waals surface area (Å²) < 4.78 is 26.8. The molecule has 2 amide bonds. The number of hydrogen-bond acceptors (Lipinski definition) is 2. The molecule has 2 fully saturated rings.